The number of carboxylic acids is 1. The van der Waals surface area contributed by atoms with Gasteiger partial charge in [-0.2, -0.15) is 0 Å². The molecule has 1 fully saturated rings. The van der Waals surface area contributed by atoms with Gasteiger partial charge in [0.25, 0.3) is 0 Å². The first-order valence-electron chi connectivity index (χ1n) is 5.87. The molecule has 0 bridgehead atoms. The van der Waals surface area contributed by atoms with E-state index in [9.17, 15) is 9.59 Å². The number of pyridine rings is 1. The minimum Gasteiger partial charge on any atom is -0.478 e. The van der Waals surface area contributed by atoms with Crippen LogP contribution in [0.2, 0.25) is 5.02 Å². The third-order valence-electron chi connectivity index (χ3n) is 2.85. The van der Waals surface area contributed by atoms with E-state index < -0.39 is 5.97 Å². The Kier molecular flexibility index (Phi) is 4.66. The zero-order valence-electron chi connectivity index (χ0n) is 10.1. The van der Waals surface area contributed by atoms with Crippen molar-refractivity contribution in [3.63, 3.8) is 0 Å². The summed E-state index contributed by atoms with van der Waals surface area (Å²) < 4.78 is 0. The molecule has 1 aliphatic heterocycles. The summed E-state index contributed by atoms with van der Waals surface area (Å²) in [6.45, 7) is 1.64. The monoisotopic (exact) mass is 300 g/mol. The summed E-state index contributed by atoms with van der Waals surface area (Å²) in [5, 5.41) is 9.54. The van der Waals surface area contributed by atoms with E-state index in [0.29, 0.717) is 5.03 Å². The molecule has 1 aromatic rings. The predicted molar refractivity (Wildman–Crippen MR) is 72.7 cm³/mol. The van der Waals surface area contributed by atoms with E-state index in [1.165, 1.54) is 24.0 Å². The van der Waals surface area contributed by atoms with Gasteiger partial charge in [-0.25, -0.2) is 9.78 Å². The van der Waals surface area contributed by atoms with Crippen LogP contribution in [0.5, 0.6) is 0 Å². The summed E-state index contributed by atoms with van der Waals surface area (Å²) in [5.41, 5.74) is 0.0419. The summed E-state index contributed by atoms with van der Waals surface area (Å²) in [4.78, 5) is 28.4. The Balaban J connectivity index is 1.95. The van der Waals surface area contributed by atoms with Crippen molar-refractivity contribution >= 4 is 35.2 Å². The van der Waals surface area contributed by atoms with E-state index in [1.807, 2.05) is 4.90 Å². The van der Waals surface area contributed by atoms with Crippen molar-refractivity contribution < 1.29 is 14.7 Å². The number of thioether (sulfide) groups is 1. The van der Waals surface area contributed by atoms with E-state index >= 15 is 0 Å². The van der Waals surface area contributed by atoms with Gasteiger partial charge in [0.1, 0.15) is 5.03 Å². The van der Waals surface area contributed by atoms with Crippen molar-refractivity contribution in [1.29, 1.82) is 0 Å². The number of aromatic carboxylic acids is 1. The molecule has 1 aliphatic rings. The fourth-order valence-electron chi connectivity index (χ4n) is 1.84. The van der Waals surface area contributed by atoms with Crippen molar-refractivity contribution in [1.82, 2.24) is 9.88 Å². The Morgan fingerprint density at radius 3 is 2.68 bits per heavy atom. The molecule has 0 atom stereocenters. The number of hydrogen-bond acceptors (Lipinski definition) is 4. The maximum atomic E-state index is 11.8. The second-order valence-corrected chi connectivity index (χ2v) is 5.56. The summed E-state index contributed by atoms with van der Waals surface area (Å²) in [5.74, 6) is -0.721. The molecule has 19 heavy (non-hydrogen) atoms. The molecule has 1 amide bonds. The summed E-state index contributed by atoms with van der Waals surface area (Å²) in [6, 6.07) is 1.35. The normalized spacial score (nSPS) is 14.7. The smallest absolute Gasteiger partial charge is 0.337 e. The highest BCUT2D eigenvalue weighted by Crippen LogP contribution is 2.26. The first-order valence-corrected chi connectivity index (χ1v) is 7.23. The lowest BCUT2D eigenvalue weighted by Gasteiger charge is -2.14. The molecule has 0 unspecified atom stereocenters. The third kappa shape index (κ3) is 3.61. The van der Waals surface area contributed by atoms with Crippen LogP contribution in [-0.2, 0) is 4.79 Å². The molecule has 0 saturated carbocycles. The van der Waals surface area contributed by atoms with Gasteiger partial charge in [-0.15, -0.1) is 0 Å². The molecule has 0 aromatic carbocycles. The maximum absolute atomic E-state index is 11.8. The number of nitrogens with zero attached hydrogens (tertiary/aromatic N) is 2. The fourth-order valence-corrected chi connectivity index (χ4v) is 2.93. The number of halogens is 1. The van der Waals surface area contributed by atoms with Gasteiger partial charge in [0.05, 0.1) is 16.3 Å². The molecule has 1 aromatic heterocycles. The first-order chi connectivity index (χ1) is 9.08. The number of carbonyl (C=O) groups is 2. The quantitative estimate of drug-likeness (QED) is 0.863. The van der Waals surface area contributed by atoms with Gasteiger partial charge in [-0.05, 0) is 18.9 Å². The van der Waals surface area contributed by atoms with E-state index in [2.05, 4.69) is 4.98 Å². The van der Waals surface area contributed by atoms with Crippen molar-refractivity contribution in [2.24, 2.45) is 0 Å². The highest BCUT2D eigenvalue weighted by molar-refractivity contribution is 8.00. The van der Waals surface area contributed by atoms with Crippen LogP contribution in [0.1, 0.15) is 23.2 Å². The van der Waals surface area contributed by atoms with Crippen molar-refractivity contribution in [3.05, 3.63) is 22.8 Å². The van der Waals surface area contributed by atoms with Gasteiger partial charge in [-0.1, -0.05) is 23.4 Å². The lowest BCUT2D eigenvalue weighted by molar-refractivity contribution is -0.127. The molecule has 1 saturated heterocycles. The Bertz CT molecular complexity index is 504. The van der Waals surface area contributed by atoms with Gasteiger partial charge in [-0.3, -0.25) is 4.79 Å². The second-order valence-electron chi connectivity index (χ2n) is 4.19. The number of carboxylic acid groups (broad SMARTS) is 1. The molecule has 1 N–H and O–H groups in total. The van der Waals surface area contributed by atoms with Gasteiger partial charge in [0.15, 0.2) is 0 Å². The average Bonchev–Trinajstić information content (AvgIpc) is 2.90. The first kappa shape index (κ1) is 14.1. The minimum absolute atomic E-state index is 0.0419. The van der Waals surface area contributed by atoms with E-state index in [4.69, 9.17) is 16.7 Å². The number of likely N-dealkylation sites (tertiary alicyclic amines) is 1. The molecule has 102 valence electrons. The Morgan fingerprint density at radius 2 is 2.11 bits per heavy atom. The number of aromatic nitrogens is 1. The average molecular weight is 301 g/mol. The summed E-state index contributed by atoms with van der Waals surface area (Å²) in [6.07, 6.45) is 3.36. The molecule has 0 aliphatic carbocycles. The van der Waals surface area contributed by atoms with Crippen molar-refractivity contribution in [2.45, 2.75) is 17.9 Å². The van der Waals surface area contributed by atoms with E-state index in [0.717, 1.165) is 25.9 Å². The lowest BCUT2D eigenvalue weighted by atomic mass is 10.3. The van der Waals surface area contributed by atoms with Crippen LogP contribution in [0.4, 0.5) is 0 Å². The fraction of sp³-hybridized carbons (Fsp3) is 0.417. The standard InChI is InChI=1S/C12H13ClN2O3S/c13-9-5-8(12(17)18)6-14-11(9)19-7-10(16)15-3-1-2-4-15/h5-6H,1-4,7H2,(H,17,18). The van der Waals surface area contributed by atoms with Gasteiger partial charge in [0, 0.05) is 19.3 Å². The Morgan fingerprint density at radius 1 is 1.42 bits per heavy atom. The molecular formula is C12H13ClN2O3S. The minimum atomic E-state index is -1.07. The number of rotatable bonds is 4. The molecular weight excluding hydrogens is 288 g/mol. The second kappa shape index (κ2) is 6.25. The molecule has 5 nitrogen and oxygen atoms in total. The Labute approximate surface area is 120 Å². The van der Waals surface area contributed by atoms with Crippen LogP contribution in [-0.4, -0.2) is 45.7 Å². The summed E-state index contributed by atoms with van der Waals surface area (Å²) in [7, 11) is 0. The van der Waals surface area contributed by atoms with E-state index in [1.54, 1.807) is 0 Å². The SMILES string of the molecule is O=C(O)c1cnc(SCC(=O)N2CCCC2)c(Cl)c1. The van der Waals surface area contributed by atoms with Crippen LogP contribution >= 0.6 is 23.4 Å². The van der Waals surface area contributed by atoms with Crippen molar-refractivity contribution in [3.8, 4) is 0 Å². The number of hydrogen-bond donors (Lipinski definition) is 1. The highest BCUT2D eigenvalue weighted by atomic mass is 35.5. The topological polar surface area (TPSA) is 70.5 Å². The van der Waals surface area contributed by atoms with Crippen LogP contribution in [0.15, 0.2) is 17.3 Å². The molecule has 0 radical (unpaired) electrons. The predicted octanol–water partition coefficient (Wildman–Crippen LogP) is 2.15. The molecule has 2 rings (SSSR count). The van der Waals surface area contributed by atoms with Crippen LogP contribution in [0.25, 0.3) is 0 Å². The van der Waals surface area contributed by atoms with Crippen molar-refractivity contribution in [2.75, 3.05) is 18.8 Å². The van der Waals surface area contributed by atoms with Gasteiger partial charge < -0.3 is 10.0 Å². The third-order valence-corrected chi connectivity index (χ3v) is 4.24. The summed E-state index contributed by atoms with van der Waals surface area (Å²) >= 11 is 7.18. The van der Waals surface area contributed by atoms with Gasteiger partial charge in [0.2, 0.25) is 5.91 Å². The zero-order chi connectivity index (χ0) is 13.8. The zero-order valence-corrected chi connectivity index (χ0v) is 11.7. The number of amides is 1. The van der Waals surface area contributed by atoms with Crippen LogP contribution in [0.3, 0.4) is 0 Å². The maximum Gasteiger partial charge on any atom is 0.337 e. The highest BCUT2D eigenvalue weighted by Gasteiger charge is 2.18. The molecule has 2 heterocycles. The van der Waals surface area contributed by atoms with Gasteiger partial charge >= 0.3 is 5.97 Å². The molecule has 7 heteroatoms. The van der Waals surface area contributed by atoms with Crippen LogP contribution < -0.4 is 0 Å². The number of carbonyl (C=O) groups excluding carboxylic acids is 1. The lowest BCUT2D eigenvalue weighted by Crippen LogP contribution is -2.29. The van der Waals surface area contributed by atoms with E-state index in [-0.39, 0.29) is 22.2 Å². The largest absolute Gasteiger partial charge is 0.478 e. The molecule has 0 spiro atoms. The van der Waals surface area contributed by atoms with Crippen LogP contribution in [0, 0.1) is 0 Å². The Hall–Kier alpha value is -1.27.